The number of furan rings is 1. The molecule has 0 aliphatic rings. The Balaban J connectivity index is 2.09. The van der Waals surface area contributed by atoms with E-state index in [0.717, 1.165) is 5.56 Å². The molecule has 1 aromatic heterocycles. The van der Waals surface area contributed by atoms with Crippen molar-refractivity contribution in [2.24, 2.45) is 0 Å². The number of nitrogens with zero attached hydrogens (tertiary/aromatic N) is 2. The van der Waals surface area contributed by atoms with Crippen molar-refractivity contribution in [3.05, 3.63) is 105 Å². The van der Waals surface area contributed by atoms with Gasteiger partial charge in [0.2, 0.25) is 10.0 Å². The molecule has 0 saturated carbocycles. The van der Waals surface area contributed by atoms with E-state index < -0.39 is 26.7 Å². The number of benzene rings is 2. The molecular formula is C21H17N3O5S. The molecule has 1 atom stereocenters. The van der Waals surface area contributed by atoms with Crippen LogP contribution in [-0.4, -0.2) is 13.3 Å². The molecule has 30 heavy (non-hydrogen) atoms. The summed E-state index contributed by atoms with van der Waals surface area (Å²) in [5.41, 5.74) is 1.10. The number of rotatable bonds is 7. The molecule has 0 bridgehead atoms. The summed E-state index contributed by atoms with van der Waals surface area (Å²) < 4.78 is 33.5. The zero-order chi connectivity index (χ0) is 21.7. The van der Waals surface area contributed by atoms with E-state index in [1.54, 1.807) is 18.2 Å². The second kappa shape index (κ2) is 8.73. The van der Waals surface area contributed by atoms with Crippen LogP contribution in [0.5, 0.6) is 0 Å². The lowest BCUT2D eigenvalue weighted by atomic mass is 10.0. The first-order valence-electron chi connectivity index (χ1n) is 8.79. The summed E-state index contributed by atoms with van der Waals surface area (Å²) in [5.74, 6) is 0.204. The number of aryl methyl sites for hydroxylation is 1. The summed E-state index contributed by atoms with van der Waals surface area (Å²) in [6, 6.07) is 15.7. The molecule has 0 fully saturated rings. The summed E-state index contributed by atoms with van der Waals surface area (Å²) in [6.07, 6.45) is 2.52. The quantitative estimate of drug-likeness (QED) is 0.455. The average molecular weight is 423 g/mol. The third kappa shape index (κ3) is 4.81. The second-order valence-electron chi connectivity index (χ2n) is 6.44. The van der Waals surface area contributed by atoms with Crippen LogP contribution in [-0.2, 0) is 10.0 Å². The average Bonchev–Trinajstić information content (AvgIpc) is 3.24. The molecule has 0 aliphatic carbocycles. The predicted octanol–water partition coefficient (Wildman–Crippen LogP) is 3.80. The van der Waals surface area contributed by atoms with Crippen molar-refractivity contribution in [3.8, 4) is 6.07 Å². The molecule has 1 N–H and O–H groups in total. The standard InChI is InChI=1S/C21H17N3O5S/c1-15-4-10-19(11-5-15)30(27,28)23-21(17-8-6-16(14-22)7-9-17)20(24(25)26)13-18-3-2-12-29-18/h2-13,21,23H,1H3/b20-13+. The second-order valence-corrected chi connectivity index (χ2v) is 8.16. The molecule has 8 nitrogen and oxygen atoms in total. The van der Waals surface area contributed by atoms with Crippen LogP contribution in [0, 0.1) is 28.4 Å². The van der Waals surface area contributed by atoms with Crippen molar-refractivity contribution >= 4 is 16.1 Å². The smallest absolute Gasteiger partial charge is 0.272 e. The first-order valence-corrected chi connectivity index (χ1v) is 10.3. The molecule has 2 aromatic carbocycles. The van der Waals surface area contributed by atoms with Crippen molar-refractivity contribution in [1.29, 1.82) is 5.26 Å². The lowest BCUT2D eigenvalue weighted by molar-refractivity contribution is -0.429. The maximum absolute atomic E-state index is 12.9. The third-order valence-electron chi connectivity index (χ3n) is 4.32. The number of hydrogen-bond acceptors (Lipinski definition) is 6. The van der Waals surface area contributed by atoms with Crippen LogP contribution in [0.3, 0.4) is 0 Å². The van der Waals surface area contributed by atoms with Gasteiger partial charge in [-0.05, 0) is 48.9 Å². The normalized spacial score (nSPS) is 12.9. The van der Waals surface area contributed by atoms with Gasteiger partial charge >= 0.3 is 0 Å². The van der Waals surface area contributed by atoms with Crippen LogP contribution in [0.25, 0.3) is 6.08 Å². The van der Waals surface area contributed by atoms with Crippen LogP contribution in [0.4, 0.5) is 0 Å². The number of nitrogens with one attached hydrogen (secondary N) is 1. The molecule has 3 rings (SSSR count). The van der Waals surface area contributed by atoms with Gasteiger partial charge in [0.1, 0.15) is 11.8 Å². The van der Waals surface area contributed by atoms with Crippen LogP contribution in [0.15, 0.2) is 81.9 Å². The lowest BCUT2D eigenvalue weighted by Gasteiger charge is -2.17. The Labute approximate surface area is 173 Å². The van der Waals surface area contributed by atoms with E-state index in [1.807, 2.05) is 13.0 Å². The Morgan fingerprint density at radius 3 is 2.37 bits per heavy atom. The Bertz CT molecular complexity index is 1210. The zero-order valence-corrected chi connectivity index (χ0v) is 16.7. The molecule has 0 amide bonds. The number of sulfonamides is 1. The highest BCUT2D eigenvalue weighted by atomic mass is 32.2. The molecule has 1 heterocycles. The number of nitriles is 1. The van der Waals surface area contributed by atoms with E-state index in [1.165, 1.54) is 54.8 Å². The SMILES string of the molecule is Cc1ccc(S(=O)(=O)NC(/C(=C\c2ccco2)[N+](=O)[O-])c2ccc(C#N)cc2)cc1. The largest absolute Gasteiger partial charge is 0.465 e. The summed E-state index contributed by atoms with van der Waals surface area (Å²) in [4.78, 5) is 11.2. The van der Waals surface area contributed by atoms with E-state index >= 15 is 0 Å². The van der Waals surface area contributed by atoms with Gasteiger partial charge in [-0.3, -0.25) is 10.1 Å². The fourth-order valence-electron chi connectivity index (χ4n) is 2.75. The van der Waals surface area contributed by atoms with Crippen LogP contribution in [0.1, 0.15) is 28.5 Å². The van der Waals surface area contributed by atoms with Crippen molar-refractivity contribution in [2.75, 3.05) is 0 Å². The minimum atomic E-state index is -4.09. The highest BCUT2D eigenvalue weighted by molar-refractivity contribution is 7.89. The minimum Gasteiger partial charge on any atom is -0.465 e. The summed E-state index contributed by atoms with van der Waals surface area (Å²) in [5, 5.41) is 20.8. The molecule has 0 radical (unpaired) electrons. The first kappa shape index (κ1) is 21.0. The van der Waals surface area contributed by atoms with Crippen molar-refractivity contribution in [1.82, 2.24) is 4.72 Å². The third-order valence-corrected chi connectivity index (χ3v) is 5.76. The number of nitro groups is 1. The summed E-state index contributed by atoms with van der Waals surface area (Å²) in [7, 11) is -4.09. The van der Waals surface area contributed by atoms with Crippen molar-refractivity contribution in [3.63, 3.8) is 0 Å². The highest BCUT2D eigenvalue weighted by Crippen LogP contribution is 2.27. The van der Waals surface area contributed by atoms with Gasteiger partial charge in [0.25, 0.3) is 5.70 Å². The Morgan fingerprint density at radius 2 is 1.83 bits per heavy atom. The van der Waals surface area contributed by atoms with Gasteiger partial charge in [-0.2, -0.15) is 9.98 Å². The van der Waals surface area contributed by atoms with Crippen molar-refractivity contribution < 1.29 is 17.8 Å². The van der Waals surface area contributed by atoms with Crippen LogP contribution < -0.4 is 4.72 Å². The highest BCUT2D eigenvalue weighted by Gasteiger charge is 2.32. The van der Waals surface area contributed by atoms with Gasteiger partial charge in [0, 0.05) is 0 Å². The van der Waals surface area contributed by atoms with E-state index in [0.29, 0.717) is 11.1 Å². The van der Waals surface area contributed by atoms with Gasteiger partial charge in [-0.1, -0.05) is 29.8 Å². The Kier molecular flexibility index (Phi) is 6.11. The van der Waals surface area contributed by atoms with E-state index in [4.69, 9.17) is 9.68 Å². The van der Waals surface area contributed by atoms with Gasteiger partial charge in [0.15, 0.2) is 0 Å². The number of hydrogen-bond donors (Lipinski definition) is 1. The van der Waals surface area contributed by atoms with Gasteiger partial charge < -0.3 is 4.42 Å². The molecule has 9 heteroatoms. The topological polar surface area (TPSA) is 126 Å². The Hall–Kier alpha value is -3.74. The van der Waals surface area contributed by atoms with Gasteiger partial charge in [0.05, 0.1) is 33.8 Å². The van der Waals surface area contributed by atoms with E-state index in [9.17, 15) is 18.5 Å². The van der Waals surface area contributed by atoms with Crippen molar-refractivity contribution in [2.45, 2.75) is 17.9 Å². The predicted molar refractivity (Wildman–Crippen MR) is 109 cm³/mol. The summed E-state index contributed by atoms with van der Waals surface area (Å²) >= 11 is 0. The van der Waals surface area contributed by atoms with Crippen LogP contribution >= 0.6 is 0 Å². The van der Waals surface area contributed by atoms with E-state index in [2.05, 4.69) is 4.72 Å². The van der Waals surface area contributed by atoms with Crippen LogP contribution in [0.2, 0.25) is 0 Å². The summed E-state index contributed by atoms with van der Waals surface area (Å²) in [6.45, 7) is 1.82. The fraction of sp³-hybridized carbons (Fsp3) is 0.0952. The maximum Gasteiger partial charge on any atom is 0.272 e. The van der Waals surface area contributed by atoms with E-state index in [-0.39, 0.29) is 10.7 Å². The molecule has 3 aromatic rings. The lowest BCUT2D eigenvalue weighted by Crippen LogP contribution is -2.32. The molecule has 0 aliphatic heterocycles. The fourth-order valence-corrected chi connectivity index (χ4v) is 3.95. The molecule has 0 saturated heterocycles. The molecule has 152 valence electrons. The Morgan fingerprint density at radius 1 is 1.17 bits per heavy atom. The molecule has 0 spiro atoms. The molecular weight excluding hydrogens is 406 g/mol. The minimum absolute atomic E-state index is 0.0209. The molecule has 1 unspecified atom stereocenters. The monoisotopic (exact) mass is 423 g/mol. The maximum atomic E-state index is 12.9. The zero-order valence-electron chi connectivity index (χ0n) is 15.8. The first-order chi connectivity index (χ1) is 14.3. The van der Waals surface area contributed by atoms with Gasteiger partial charge in [-0.15, -0.1) is 0 Å². The van der Waals surface area contributed by atoms with Gasteiger partial charge in [-0.25, -0.2) is 8.42 Å².